The Morgan fingerprint density at radius 1 is 1.11 bits per heavy atom. The van der Waals surface area contributed by atoms with Gasteiger partial charge in [-0.15, -0.1) is 0 Å². The van der Waals surface area contributed by atoms with Crippen LogP contribution in [0.5, 0.6) is 17.2 Å². The largest absolute Gasteiger partial charge is 0.496 e. The van der Waals surface area contributed by atoms with Gasteiger partial charge in [-0.1, -0.05) is 12.1 Å². The second-order valence-electron chi connectivity index (χ2n) is 7.26. The second-order valence-corrected chi connectivity index (χ2v) is 7.26. The molecule has 150 valence electrons. The van der Waals surface area contributed by atoms with Crippen LogP contribution in [0.25, 0.3) is 0 Å². The number of halogens is 3. The van der Waals surface area contributed by atoms with Crippen LogP contribution in [0.15, 0.2) is 36.4 Å². The molecule has 0 aromatic heterocycles. The van der Waals surface area contributed by atoms with Crippen LogP contribution in [-0.4, -0.2) is 20.2 Å². The number of rotatable bonds is 3. The van der Waals surface area contributed by atoms with Crippen molar-refractivity contribution >= 4 is 0 Å². The minimum atomic E-state index is -4.45. The molecule has 0 bridgehead atoms. The number of fused-ring (bicyclic) bond motifs is 1. The van der Waals surface area contributed by atoms with Crippen LogP contribution in [0.1, 0.15) is 42.4 Å². The molecule has 7 heteroatoms. The van der Waals surface area contributed by atoms with Gasteiger partial charge in [-0.25, -0.2) is 0 Å². The maximum absolute atomic E-state index is 13.1. The molecule has 1 fully saturated rings. The van der Waals surface area contributed by atoms with Gasteiger partial charge in [0.15, 0.2) is 11.5 Å². The molecule has 2 aliphatic rings. The third kappa shape index (κ3) is 3.28. The highest BCUT2D eigenvalue weighted by Gasteiger charge is 2.43. The summed E-state index contributed by atoms with van der Waals surface area (Å²) in [7, 11) is 1.34. The van der Waals surface area contributed by atoms with Crippen molar-refractivity contribution in [2.24, 2.45) is 0 Å². The third-order valence-corrected chi connectivity index (χ3v) is 5.41. The van der Waals surface area contributed by atoms with E-state index in [1.807, 2.05) is 18.2 Å². The lowest BCUT2D eigenvalue weighted by Crippen LogP contribution is -2.32. The fraction of sp³-hybridized carbons (Fsp3) is 0.429. The van der Waals surface area contributed by atoms with Crippen molar-refractivity contribution in [2.45, 2.75) is 37.6 Å². The smallest absolute Gasteiger partial charge is 0.416 e. The molecule has 2 aromatic carbocycles. The first-order chi connectivity index (χ1) is 13.3. The predicted molar refractivity (Wildman–Crippen MR) is 97.9 cm³/mol. The molecule has 2 heterocycles. The number of alkyl halides is 3. The monoisotopic (exact) mass is 393 g/mol. The summed E-state index contributed by atoms with van der Waals surface area (Å²) in [5.74, 6) is 0.436. The van der Waals surface area contributed by atoms with Gasteiger partial charge in [-0.2, -0.15) is 13.2 Å². The van der Waals surface area contributed by atoms with E-state index in [0.717, 1.165) is 43.6 Å². The molecule has 2 aromatic rings. The lowest BCUT2D eigenvalue weighted by molar-refractivity contribution is -0.137. The zero-order valence-electron chi connectivity index (χ0n) is 15.7. The van der Waals surface area contributed by atoms with Gasteiger partial charge >= 0.3 is 6.18 Å². The Morgan fingerprint density at radius 2 is 1.86 bits per heavy atom. The van der Waals surface area contributed by atoms with E-state index in [1.165, 1.54) is 13.2 Å². The highest BCUT2D eigenvalue weighted by molar-refractivity contribution is 5.53. The third-order valence-electron chi connectivity index (χ3n) is 5.41. The minimum Gasteiger partial charge on any atom is -0.496 e. The van der Waals surface area contributed by atoms with Crippen LogP contribution in [0, 0.1) is 0 Å². The van der Waals surface area contributed by atoms with Gasteiger partial charge in [0.05, 0.1) is 18.2 Å². The second kappa shape index (κ2) is 6.88. The Morgan fingerprint density at radius 3 is 2.54 bits per heavy atom. The molecule has 0 spiro atoms. The first-order valence-corrected chi connectivity index (χ1v) is 9.29. The van der Waals surface area contributed by atoms with E-state index in [2.05, 4.69) is 5.32 Å². The number of hydrogen-bond donors (Lipinski definition) is 1. The summed E-state index contributed by atoms with van der Waals surface area (Å²) in [6, 6.07) is 9.14. The highest BCUT2D eigenvalue weighted by Crippen LogP contribution is 2.50. The van der Waals surface area contributed by atoms with E-state index in [9.17, 15) is 13.2 Å². The topological polar surface area (TPSA) is 39.7 Å². The molecule has 1 atom stereocenters. The average Bonchev–Trinajstić information content (AvgIpc) is 3.04. The van der Waals surface area contributed by atoms with Crippen molar-refractivity contribution in [1.29, 1.82) is 0 Å². The van der Waals surface area contributed by atoms with Gasteiger partial charge in [0.2, 0.25) is 0 Å². The SMILES string of the molecule is COc1cc(C(F)(F)F)ccc1C1(C)Oc2cccc(C3CCNCC3)c2O1. The number of ether oxygens (including phenoxy) is 3. The summed E-state index contributed by atoms with van der Waals surface area (Å²) in [6.45, 7) is 3.59. The standard InChI is InChI=1S/C21H22F3NO3/c1-20(16-7-6-14(21(22,23)24)12-18(16)26-2)27-17-5-3-4-15(19(17)28-20)13-8-10-25-11-9-13/h3-7,12-13,25H,8-11H2,1-2H3. The summed E-state index contributed by atoms with van der Waals surface area (Å²) in [5, 5.41) is 3.35. The number of piperidine rings is 1. The molecule has 1 saturated heterocycles. The Balaban J connectivity index is 1.70. The highest BCUT2D eigenvalue weighted by atomic mass is 19.4. The Labute approximate surface area is 161 Å². The number of nitrogens with one attached hydrogen (secondary N) is 1. The molecule has 2 aliphatic heterocycles. The normalized spacial score (nSPS) is 22.3. The van der Waals surface area contributed by atoms with Crippen LogP contribution in [0.3, 0.4) is 0 Å². The van der Waals surface area contributed by atoms with Gasteiger partial charge in [-0.3, -0.25) is 0 Å². The molecular formula is C21H22F3NO3. The summed E-state index contributed by atoms with van der Waals surface area (Å²) >= 11 is 0. The Kier molecular flexibility index (Phi) is 4.65. The van der Waals surface area contributed by atoms with Crippen molar-refractivity contribution in [2.75, 3.05) is 20.2 Å². The molecule has 0 saturated carbocycles. The number of benzene rings is 2. The van der Waals surface area contributed by atoms with Crippen molar-refractivity contribution in [1.82, 2.24) is 5.32 Å². The first-order valence-electron chi connectivity index (χ1n) is 9.29. The fourth-order valence-corrected chi connectivity index (χ4v) is 3.95. The van der Waals surface area contributed by atoms with Gasteiger partial charge in [0, 0.05) is 12.5 Å². The van der Waals surface area contributed by atoms with Gasteiger partial charge in [0.25, 0.3) is 5.79 Å². The van der Waals surface area contributed by atoms with Crippen LogP contribution in [-0.2, 0) is 12.0 Å². The molecule has 0 radical (unpaired) electrons. The van der Waals surface area contributed by atoms with Crippen LogP contribution in [0.4, 0.5) is 13.2 Å². The zero-order chi connectivity index (χ0) is 19.9. The van der Waals surface area contributed by atoms with E-state index in [-0.39, 0.29) is 5.75 Å². The number of hydrogen-bond acceptors (Lipinski definition) is 4. The van der Waals surface area contributed by atoms with Gasteiger partial charge in [0.1, 0.15) is 5.75 Å². The zero-order valence-corrected chi connectivity index (χ0v) is 15.7. The van der Waals surface area contributed by atoms with E-state index in [4.69, 9.17) is 14.2 Å². The van der Waals surface area contributed by atoms with E-state index < -0.39 is 17.5 Å². The first kappa shape index (κ1) is 18.9. The maximum atomic E-state index is 13.1. The summed E-state index contributed by atoms with van der Waals surface area (Å²) < 4.78 is 56.7. The van der Waals surface area contributed by atoms with Gasteiger partial charge < -0.3 is 19.5 Å². The van der Waals surface area contributed by atoms with Crippen molar-refractivity contribution < 1.29 is 27.4 Å². The van der Waals surface area contributed by atoms with Crippen molar-refractivity contribution in [3.8, 4) is 17.2 Å². The van der Waals surface area contributed by atoms with E-state index >= 15 is 0 Å². The number of para-hydroxylation sites is 1. The van der Waals surface area contributed by atoms with E-state index in [0.29, 0.717) is 23.0 Å². The molecule has 0 amide bonds. The molecule has 28 heavy (non-hydrogen) atoms. The molecule has 4 nitrogen and oxygen atoms in total. The van der Waals surface area contributed by atoms with E-state index in [1.54, 1.807) is 6.92 Å². The summed E-state index contributed by atoms with van der Waals surface area (Å²) in [4.78, 5) is 0. The molecular weight excluding hydrogens is 371 g/mol. The molecule has 1 N–H and O–H groups in total. The lowest BCUT2D eigenvalue weighted by atomic mass is 9.89. The maximum Gasteiger partial charge on any atom is 0.416 e. The number of methoxy groups -OCH3 is 1. The molecule has 1 unspecified atom stereocenters. The lowest BCUT2D eigenvalue weighted by Gasteiger charge is -2.27. The van der Waals surface area contributed by atoms with Gasteiger partial charge in [-0.05, 0) is 56.1 Å². The summed E-state index contributed by atoms with van der Waals surface area (Å²) in [6.07, 6.45) is -2.45. The van der Waals surface area contributed by atoms with Crippen molar-refractivity contribution in [3.05, 3.63) is 53.1 Å². The van der Waals surface area contributed by atoms with Crippen molar-refractivity contribution in [3.63, 3.8) is 0 Å². The molecule has 0 aliphatic carbocycles. The molecule has 4 rings (SSSR count). The van der Waals surface area contributed by atoms with Crippen LogP contribution < -0.4 is 19.5 Å². The van der Waals surface area contributed by atoms with Crippen LogP contribution >= 0.6 is 0 Å². The Bertz CT molecular complexity index is 878. The Hall–Kier alpha value is -2.41. The minimum absolute atomic E-state index is 0.0774. The predicted octanol–water partition coefficient (Wildman–Crippen LogP) is 4.83. The quantitative estimate of drug-likeness (QED) is 0.811. The van der Waals surface area contributed by atoms with Crippen LogP contribution in [0.2, 0.25) is 0 Å². The average molecular weight is 393 g/mol. The fourth-order valence-electron chi connectivity index (χ4n) is 3.95. The summed E-state index contributed by atoms with van der Waals surface area (Å²) in [5.41, 5.74) is 0.715.